The Morgan fingerprint density at radius 1 is 0.727 bits per heavy atom. The van der Waals surface area contributed by atoms with E-state index in [9.17, 15) is 0 Å². The zero-order chi connectivity index (χ0) is 15.9. The molecule has 114 valence electrons. The second-order valence-corrected chi connectivity index (χ2v) is 6.18. The lowest BCUT2D eigenvalue weighted by atomic mass is 10.2. The van der Waals surface area contributed by atoms with Crippen LogP contribution < -0.4 is 10.6 Å². The van der Waals surface area contributed by atoms with Gasteiger partial charge in [-0.3, -0.25) is 0 Å². The van der Waals surface area contributed by atoms with E-state index < -0.39 is 0 Å². The first-order valence-corrected chi connectivity index (χ1v) is 8.18. The van der Waals surface area contributed by atoms with Gasteiger partial charge < -0.3 is 10.6 Å². The quantitative estimate of drug-likeness (QED) is 0.774. The summed E-state index contributed by atoms with van der Waals surface area (Å²) in [5.41, 5.74) is 1.95. The molecule has 6 heteroatoms. The number of nitrogens with one attached hydrogen (secondary N) is 2. The van der Waals surface area contributed by atoms with E-state index in [4.69, 9.17) is 47.6 Å². The van der Waals surface area contributed by atoms with Crippen molar-refractivity contribution in [3.05, 3.63) is 69.7 Å². The molecule has 0 unspecified atom stereocenters. The monoisotopic (exact) mass is 368 g/mol. The Hall–Kier alpha value is -1.20. The molecule has 0 fully saturated rings. The van der Waals surface area contributed by atoms with Gasteiger partial charge in [0.05, 0.1) is 0 Å². The van der Waals surface area contributed by atoms with E-state index in [1.165, 1.54) is 0 Å². The lowest BCUT2D eigenvalue weighted by molar-refractivity contribution is 0.909. The molecule has 22 heavy (non-hydrogen) atoms. The third-order valence-electron chi connectivity index (χ3n) is 3.00. The van der Waals surface area contributed by atoms with Crippen molar-refractivity contribution in [2.24, 2.45) is 0 Å². The number of hydrogen-bond donors (Lipinski definition) is 2. The summed E-state index contributed by atoms with van der Waals surface area (Å²) in [6, 6.07) is 15.2. The van der Waals surface area contributed by atoms with E-state index in [2.05, 4.69) is 10.6 Å². The van der Waals surface area contributed by atoms with Gasteiger partial charge in [0, 0.05) is 23.1 Å². The lowest BCUT2D eigenvalue weighted by Gasteiger charge is -2.12. The fourth-order valence-corrected chi connectivity index (χ4v) is 2.49. The molecule has 0 saturated carbocycles. The van der Waals surface area contributed by atoms with Crippen molar-refractivity contribution in [1.82, 2.24) is 10.6 Å². The summed E-state index contributed by atoms with van der Waals surface area (Å²) in [7, 11) is 0. The van der Waals surface area contributed by atoms with Gasteiger partial charge in [0.25, 0.3) is 0 Å². The number of thiocarbonyl (C=S) groups is 2. The molecule has 0 saturated heterocycles. The average molecular weight is 369 g/mol. The molecule has 2 aromatic rings. The van der Waals surface area contributed by atoms with E-state index in [-0.39, 0.29) is 0 Å². The molecule has 0 amide bonds. The van der Waals surface area contributed by atoms with Crippen LogP contribution in [0, 0.1) is 0 Å². The van der Waals surface area contributed by atoms with Crippen LogP contribution in [0.3, 0.4) is 0 Å². The van der Waals surface area contributed by atoms with E-state index in [1.54, 1.807) is 0 Å². The standard InChI is InChI=1S/C16H14Cl2N2S2/c17-13-7-3-1-5-11(13)9-19-15(21)16(22)20-10-12-6-2-4-8-14(12)18/h1-8H,9-10H2,(H,19,21)(H,20,22). The summed E-state index contributed by atoms with van der Waals surface area (Å²) in [6.07, 6.45) is 0. The number of rotatable bonds is 4. The van der Waals surface area contributed by atoms with Crippen LogP contribution in [0.25, 0.3) is 0 Å². The molecule has 2 aromatic carbocycles. The maximum Gasteiger partial charge on any atom is 0.134 e. The predicted molar refractivity (Wildman–Crippen MR) is 102 cm³/mol. The van der Waals surface area contributed by atoms with Gasteiger partial charge in [0.15, 0.2) is 0 Å². The summed E-state index contributed by atoms with van der Waals surface area (Å²) in [5.74, 6) is 0. The van der Waals surface area contributed by atoms with E-state index in [1.807, 2.05) is 48.5 Å². The van der Waals surface area contributed by atoms with E-state index in [0.29, 0.717) is 33.1 Å². The molecule has 0 bridgehead atoms. The maximum atomic E-state index is 6.10. The molecular weight excluding hydrogens is 355 g/mol. The van der Waals surface area contributed by atoms with Crippen LogP contribution >= 0.6 is 47.6 Å². The Bertz CT molecular complexity index is 630. The highest BCUT2D eigenvalue weighted by Crippen LogP contribution is 2.15. The summed E-state index contributed by atoms with van der Waals surface area (Å²) in [4.78, 5) is 0.976. The highest BCUT2D eigenvalue weighted by molar-refractivity contribution is 7.89. The first-order chi connectivity index (χ1) is 10.6. The van der Waals surface area contributed by atoms with Crippen molar-refractivity contribution >= 4 is 57.6 Å². The van der Waals surface area contributed by atoms with Crippen molar-refractivity contribution in [2.45, 2.75) is 13.1 Å². The Morgan fingerprint density at radius 2 is 1.09 bits per heavy atom. The van der Waals surface area contributed by atoms with Crippen LogP contribution in [0.15, 0.2) is 48.5 Å². The first-order valence-electron chi connectivity index (χ1n) is 6.61. The second-order valence-electron chi connectivity index (χ2n) is 4.55. The summed E-state index contributed by atoms with van der Waals surface area (Å²) in [5, 5.41) is 7.60. The first kappa shape index (κ1) is 17.2. The van der Waals surface area contributed by atoms with Crippen molar-refractivity contribution in [1.29, 1.82) is 0 Å². The van der Waals surface area contributed by atoms with Crippen molar-refractivity contribution in [2.75, 3.05) is 0 Å². The normalized spacial score (nSPS) is 10.1. The van der Waals surface area contributed by atoms with Crippen LogP contribution in [-0.4, -0.2) is 9.98 Å². The molecule has 0 aliphatic heterocycles. The van der Waals surface area contributed by atoms with Crippen molar-refractivity contribution < 1.29 is 0 Å². The van der Waals surface area contributed by atoms with Gasteiger partial charge in [-0.2, -0.15) is 0 Å². The largest absolute Gasteiger partial charge is 0.370 e. The molecule has 0 heterocycles. The van der Waals surface area contributed by atoms with Gasteiger partial charge in [-0.15, -0.1) is 0 Å². The van der Waals surface area contributed by atoms with Gasteiger partial charge in [-0.25, -0.2) is 0 Å². The van der Waals surface area contributed by atoms with Gasteiger partial charge in [-0.05, 0) is 23.3 Å². The molecule has 0 spiro atoms. The fraction of sp³-hybridized carbons (Fsp3) is 0.125. The van der Waals surface area contributed by atoms with Crippen LogP contribution in [0.5, 0.6) is 0 Å². The molecule has 0 aromatic heterocycles. The Morgan fingerprint density at radius 3 is 1.45 bits per heavy atom. The molecule has 0 aliphatic rings. The minimum atomic E-state index is 0.488. The van der Waals surface area contributed by atoms with E-state index in [0.717, 1.165) is 11.1 Å². The van der Waals surface area contributed by atoms with Crippen LogP contribution in [0.1, 0.15) is 11.1 Å². The van der Waals surface area contributed by atoms with Gasteiger partial charge in [0.2, 0.25) is 0 Å². The zero-order valence-electron chi connectivity index (χ0n) is 11.6. The zero-order valence-corrected chi connectivity index (χ0v) is 14.8. The second kappa shape index (κ2) is 8.44. The van der Waals surface area contributed by atoms with Gasteiger partial charge >= 0.3 is 0 Å². The van der Waals surface area contributed by atoms with Gasteiger partial charge in [-0.1, -0.05) is 84.0 Å². The Balaban J connectivity index is 1.84. The maximum absolute atomic E-state index is 6.10. The minimum absolute atomic E-state index is 0.488. The molecule has 0 atom stereocenters. The van der Waals surface area contributed by atoms with Gasteiger partial charge in [0.1, 0.15) is 9.98 Å². The molecule has 2 rings (SSSR count). The van der Waals surface area contributed by atoms with Crippen molar-refractivity contribution in [3.63, 3.8) is 0 Å². The molecule has 0 aliphatic carbocycles. The summed E-state index contributed by atoms with van der Waals surface area (Å²) < 4.78 is 0. The molecular formula is C16H14Cl2N2S2. The lowest BCUT2D eigenvalue weighted by Crippen LogP contribution is -2.36. The smallest absolute Gasteiger partial charge is 0.134 e. The van der Waals surface area contributed by atoms with Crippen LogP contribution in [-0.2, 0) is 13.1 Å². The number of benzene rings is 2. The Labute approximate surface area is 150 Å². The molecule has 2 nitrogen and oxygen atoms in total. The SMILES string of the molecule is S=C(NCc1ccccc1Cl)C(=S)NCc1ccccc1Cl. The van der Waals surface area contributed by atoms with Crippen molar-refractivity contribution in [3.8, 4) is 0 Å². The molecule has 2 N–H and O–H groups in total. The fourth-order valence-electron chi connectivity index (χ4n) is 1.80. The number of halogens is 2. The highest BCUT2D eigenvalue weighted by atomic mass is 35.5. The third kappa shape index (κ3) is 4.92. The predicted octanol–water partition coefficient (Wildman–Crippen LogP) is 4.53. The van der Waals surface area contributed by atoms with Crippen LogP contribution in [0.4, 0.5) is 0 Å². The van der Waals surface area contributed by atoms with E-state index >= 15 is 0 Å². The number of hydrogen-bond acceptors (Lipinski definition) is 2. The summed E-state index contributed by atoms with van der Waals surface area (Å²) >= 11 is 22.8. The molecule has 0 radical (unpaired) electrons. The average Bonchev–Trinajstić information content (AvgIpc) is 2.52. The Kier molecular flexibility index (Phi) is 6.58. The topological polar surface area (TPSA) is 24.1 Å². The van der Waals surface area contributed by atoms with Crippen LogP contribution in [0.2, 0.25) is 10.0 Å². The highest BCUT2D eigenvalue weighted by Gasteiger charge is 2.06. The summed E-state index contributed by atoms with van der Waals surface area (Å²) in [6.45, 7) is 1.07. The minimum Gasteiger partial charge on any atom is -0.370 e. The third-order valence-corrected chi connectivity index (χ3v) is 4.56.